The summed E-state index contributed by atoms with van der Waals surface area (Å²) in [4.78, 5) is 18.4. The number of amides is 2. The van der Waals surface area contributed by atoms with Gasteiger partial charge in [-0.15, -0.1) is 24.0 Å². The lowest BCUT2D eigenvalue weighted by atomic mass is 10.1. The SMILES string of the molecule is CN=C(NCc1cccc(NC(=O)N2CCCC2)c1)NCc1ccc(C)cc1C.I. The number of halogens is 1. The van der Waals surface area contributed by atoms with E-state index in [1.807, 2.05) is 29.2 Å². The molecule has 3 rings (SSSR count). The molecule has 2 aromatic rings. The van der Waals surface area contributed by atoms with Crippen LogP contribution in [0.15, 0.2) is 47.5 Å². The van der Waals surface area contributed by atoms with E-state index in [4.69, 9.17) is 0 Å². The minimum atomic E-state index is -0.0152. The number of carbonyl (C=O) groups excluding carboxylic acids is 1. The van der Waals surface area contributed by atoms with Gasteiger partial charge >= 0.3 is 6.03 Å². The van der Waals surface area contributed by atoms with Crippen molar-refractivity contribution in [2.24, 2.45) is 4.99 Å². The second kappa shape index (κ2) is 11.8. The average molecular weight is 521 g/mol. The Hall–Kier alpha value is -2.29. The maximum atomic E-state index is 12.3. The summed E-state index contributed by atoms with van der Waals surface area (Å²) in [6.07, 6.45) is 2.18. The second-order valence-corrected chi connectivity index (χ2v) is 7.53. The Labute approximate surface area is 196 Å². The van der Waals surface area contributed by atoms with Gasteiger partial charge in [0.2, 0.25) is 0 Å². The molecule has 0 atom stereocenters. The van der Waals surface area contributed by atoms with Crippen molar-refractivity contribution >= 4 is 41.7 Å². The summed E-state index contributed by atoms with van der Waals surface area (Å²) in [5.41, 5.74) is 5.70. The lowest BCUT2D eigenvalue weighted by molar-refractivity contribution is 0.222. The molecule has 7 heteroatoms. The molecule has 3 N–H and O–H groups in total. The minimum absolute atomic E-state index is 0. The molecule has 0 radical (unpaired) electrons. The molecule has 0 spiro atoms. The number of nitrogens with zero attached hydrogens (tertiary/aromatic N) is 2. The first-order chi connectivity index (χ1) is 14.0. The molecule has 1 saturated heterocycles. The summed E-state index contributed by atoms with van der Waals surface area (Å²) in [5, 5.41) is 9.70. The van der Waals surface area contributed by atoms with Crippen LogP contribution in [0.5, 0.6) is 0 Å². The molecular formula is C23H32IN5O. The molecule has 0 aromatic heterocycles. The van der Waals surface area contributed by atoms with Crippen LogP contribution in [-0.4, -0.2) is 37.0 Å². The van der Waals surface area contributed by atoms with Gasteiger partial charge in [-0.25, -0.2) is 4.79 Å². The predicted molar refractivity (Wildman–Crippen MR) is 135 cm³/mol. The van der Waals surface area contributed by atoms with E-state index in [0.29, 0.717) is 6.54 Å². The van der Waals surface area contributed by atoms with Crippen molar-refractivity contribution in [2.75, 3.05) is 25.5 Å². The van der Waals surface area contributed by atoms with Gasteiger partial charge in [0.25, 0.3) is 0 Å². The highest BCUT2D eigenvalue weighted by atomic mass is 127. The minimum Gasteiger partial charge on any atom is -0.352 e. The summed E-state index contributed by atoms with van der Waals surface area (Å²) in [6.45, 7) is 7.26. The number of aryl methyl sites for hydroxylation is 2. The molecule has 0 saturated carbocycles. The number of hydrogen-bond acceptors (Lipinski definition) is 2. The third kappa shape index (κ3) is 6.90. The monoisotopic (exact) mass is 521 g/mol. The normalized spacial score (nSPS) is 13.6. The third-order valence-corrected chi connectivity index (χ3v) is 5.20. The largest absolute Gasteiger partial charge is 0.352 e. The first-order valence-corrected chi connectivity index (χ1v) is 10.2. The highest BCUT2D eigenvalue weighted by molar-refractivity contribution is 14.0. The van der Waals surface area contributed by atoms with Gasteiger partial charge < -0.3 is 20.9 Å². The molecule has 0 bridgehead atoms. The van der Waals surface area contributed by atoms with Crippen molar-refractivity contribution in [1.82, 2.24) is 15.5 Å². The van der Waals surface area contributed by atoms with E-state index in [1.165, 1.54) is 16.7 Å². The molecule has 2 amide bonds. The second-order valence-electron chi connectivity index (χ2n) is 7.53. The van der Waals surface area contributed by atoms with E-state index < -0.39 is 0 Å². The molecule has 2 aromatic carbocycles. The quantitative estimate of drug-likeness (QED) is 0.310. The third-order valence-electron chi connectivity index (χ3n) is 5.20. The fourth-order valence-corrected chi connectivity index (χ4v) is 3.51. The summed E-state index contributed by atoms with van der Waals surface area (Å²) in [5.74, 6) is 0.747. The molecule has 162 valence electrons. The average Bonchev–Trinajstić information content (AvgIpc) is 3.25. The van der Waals surface area contributed by atoms with Crippen LogP contribution in [0.2, 0.25) is 0 Å². The Morgan fingerprint density at radius 2 is 1.77 bits per heavy atom. The molecule has 1 aliphatic heterocycles. The van der Waals surface area contributed by atoms with Crippen LogP contribution in [0.4, 0.5) is 10.5 Å². The lowest BCUT2D eigenvalue weighted by Gasteiger charge is -2.17. The first-order valence-electron chi connectivity index (χ1n) is 10.2. The van der Waals surface area contributed by atoms with Crippen molar-refractivity contribution in [3.63, 3.8) is 0 Å². The lowest BCUT2D eigenvalue weighted by Crippen LogP contribution is -2.36. The highest BCUT2D eigenvalue weighted by Gasteiger charge is 2.17. The van der Waals surface area contributed by atoms with E-state index in [-0.39, 0.29) is 30.0 Å². The predicted octanol–water partition coefficient (Wildman–Crippen LogP) is 4.41. The highest BCUT2D eigenvalue weighted by Crippen LogP contribution is 2.14. The number of urea groups is 1. The standard InChI is InChI=1S/C23H31N5O.HI/c1-17-9-10-20(18(2)13-17)16-26-22(24-3)25-15-19-7-6-8-21(14-19)27-23(29)28-11-4-5-12-28;/h6-10,13-14H,4-5,11-12,15-16H2,1-3H3,(H,27,29)(H2,24,25,26);1H. The molecule has 6 nitrogen and oxygen atoms in total. The Morgan fingerprint density at radius 3 is 2.47 bits per heavy atom. The van der Waals surface area contributed by atoms with Gasteiger partial charge in [0, 0.05) is 38.9 Å². The summed E-state index contributed by atoms with van der Waals surface area (Å²) in [6, 6.07) is 14.4. The Bertz CT molecular complexity index is 878. The Morgan fingerprint density at radius 1 is 1.03 bits per heavy atom. The van der Waals surface area contributed by atoms with E-state index in [1.54, 1.807) is 7.05 Å². The van der Waals surface area contributed by atoms with Crippen LogP contribution in [-0.2, 0) is 13.1 Å². The molecule has 0 aliphatic carbocycles. The van der Waals surface area contributed by atoms with Gasteiger partial charge in [-0.1, -0.05) is 35.9 Å². The van der Waals surface area contributed by atoms with Crippen molar-refractivity contribution < 1.29 is 4.79 Å². The summed E-state index contributed by atoms with van der Waals surface area (Å²) < 4.78 is 0. The van der Waals surface area contributed by atoms with Gasteiger partial charge in [0.15, 0.2) is 5.96 Å². The van der Waals surface area contributed by atoms with Crippen LogP contribution >= 0.6 is 24.0 Å². The topological polar surface area (TPSA) is 68.8 Å². The number of hydrogen-bond donors (Lipinski definition) is 3. The number of anilines is 1. The molecule has 1 fully saturated rings. The maximum absolute atomic E-state index is 12.3. The number of guanidine groups is 1. The van der Waals surface area contributed by atoms with Crippen LogP contribution in [0, 0.1) is 13.8 Å². The number of rotatable bonds is 5. The van der Waals surface area contributed by atoms with Crippen molar-refractivity contribution in [3.8, 4) is 0 Å². The van der Waals surface area contributed by atoms with Crippen molar-refractivity contribution in [3.05, 3.63) is 64.7 Å². The molecule has 0 unspecified atom stereocenters. The van der Waals surface area contributed by atoms with Crippen LogP contribution in [0.1, 0.15) is 35.1 Å². The Kier molecular flexibility index (Phi) is 9.42. The van der Waals surface area contributed by atoms with Crippen LogP contribution in [0.3, 0.4) is 0 Å². The number of nitrogens with one attached hydrogen (secondary N) is 3. The van der Waals surface area contributed by atoms with Gasteiger partial charge in [-0.2, -0.15) is 0 Å². The Balaban J connectivity index is 0.00000320. The van der Waals surface area contributed by atoms with E-state index in [2.05, 4.69) is 53.0 Å². The fraction of sp³-hybridized carbons (Fsp3) is 0.391. The van der Waals surface area contributed by atoms with Gasteiger partial charge in [0.1, 0.15) is 0 Å². The summed E-state index contributed by atoms with van der Waals surface area (Å²) in [7, 11) is 1.77. The zero-order chi connectivity index (χ0) is 20.6. The van der Waals surface area contributed by atoms with E-state index in [0.717, 1.165) is 49.7 Å². The van der Waals surface area contributed by atoms with E-state index >= 15 is 0 Å². The molecular weight excluding hydrogens is 489 g/mol. The maximum Gasteiger partial charge on any atom is 0.321 e. The molecule has 1 heterocycles. The number of carbonyl (C=O) groups is 1. The zero-order valence-electron chi connectivity index (χ0n) is 18.0. The van der Waals surface area contributed by atoms with E-state index in [9.17, 15) is 4.79 Å². The van der Waals surface area contributed by atoms with Crippen molar-refractivity contribution in [1.29, 1.82) is 0 Å². The molecule has 30 heavy (non-hydrogen) atoms. The summed E-state index contributed by atoms with van der Waals surface area (Å²) >= 11 is 0. The fourth-order valence-electron chi connectivity index (χ4n) is 3.51. The van der Waals surface area contributed by atoms with Crippen molar-refractivity contribution in [2.45, 2.75) is 39.8 Å². The van der Waals surface area contributed by atoms with Gasteiger partial charge in [-0.3, -0.25) is 4.99 Å². The van der Waals surface area contributed by atoms with Gasteiger partial charge in [0.05, 0.1) is 0 Å². The van der Waals surface area contributed by atoms with Crippen LogP contribution in [0.25, 0.3) is 0 Å². The van der Waals surface area contributed by atoms with Gasteiger partial charge in [-0.05, 0) is 55.5 Å². The number of likely N-dealkylation sites (tertiary alicyclic amines) is 1. The molecule has 1 aliphatic rings. The first kappa shape index (κ1) is 24.0. The zero-order valence-corrected chi connectivity index (χ0v) is 20.3. The smallest absolute Gasteiger partial charge is 0.321 e. The number of benzene rings is 2. The number of aliphatic imine (C=N–C) groups is 1. The van der Waals surface area contributed by atoms with Crippen LogP contribution < -0.4 is 16.0 Å².